The highest BCUT2D eigenvalue weighted by atomic mass is 16.5. The summed E-state index contributed by atoms with van der Waals surface area (Å²) in [4.78, 5) is 37.7. The average Bonchev–Trinajstić information content (AvgIpc) is 3.20. The van der Waals surface area contributed by atoms with Gasteiger partial charge in [0.05, 0.1) is 11.3 Å². The fourth-order valence-electron chi connectivity index (χ4n) is 3.04. The number of fused-ring (bicyclic) bond motifs is 2. The zero-order valence-electron chi connectivity index (χ0n) is 14.1. The van der Waals surface area contributed by atoms with E-state index in [1.165, 1.54) is 0 Å². The molecule has 0 aliphatic heterocycles. The number of amides is 1. The fourth-order valence-corrected chi connectivity index (χ4v) is 3.04. The lowest BCUT2D eigenvalue weighted by Gasteiger charge is -2.07. The molecule has 1 aromatic carbocycles. The van der Waals surface area contributed by atoms with Crippen LogP contribution >= 0.6 is 0 Å². The molecule has 3 aromatic rings. The molecule has 7 heteroatoms. The number of aromatic nitrogens is 1. The maximum absolute atomic E-state index is 12.6. The van der Waals surface area contributed by atoms with Gasteiger partial charge in [-0.1, -0.05) is 35.5 Å². The lowest BCUT2D eigenvalue weighted by Crippen LogP contribution is -2.23. The van der Waals surface area contributed by atoms with Crippen molar-refractivity contribution in [2.24, 2.45) is 0 Å². The number of ketones is 2. The van der Waals surface area contributed by atoms with E-state index < -0.39 is 17.5 Å². The lowest BCUT2D eigenvalue weighted by molar-refractivity contribution is 0.0907. The van der Waals surface area contributed by atoms with Crippen molar-refractivity contribution in [3.63, 3.8) is 0 Å². The quantitative estimate of drug-likeness (QED) is 0.609. The van der Waals surface area contributed by atoms with Gasteiger partial charge in [0.1, 0.15) is 5.56 Å². The Hall–Kier alpha value is -3.48. The Kier molecular flexibility index (Phi) is 3.57. The third kappa shape index (κ3) is 2.28. The van der Waals surface area contributed by atoms with Crippen molar-refractivity contribution in [2.45, 2.75) is 20.4 Å². The Morgan fingerprint density at radius 1 is 1.04 bits per heavy atom. The van der Waals surface area contributed by atoms with E-state index in [2.05, 4.69) is 10.5 Å². The monoisotopic (exact) mass is 350 g/mol. The number of aryl methyl sites for hydroxylation is 1. The number of nitrogens with zero attached hydrogens (tertiary/aromatic N) is 1. The molecule has 0 saturated heterocycles. The van der Waals surface area contributed by atoms with Crippen LogP contribution in [-0.2, 0) is 6.54 Å². The Bertz CT molecular complexity index is 1060. The van der Waals surface area contributed by atoms with E-state index in [1.807, 2.05) is 30.3 Å². The third-order valence-corrected chi connectivity index (χ3v) is 4.38. The number of hydrogen-bond acceptors (Lipinski definition) is 6. The molecule has 0 bridgehead atoms. The summed E-state index contributed by atoms with van der Waals surface area (Å²) in [5.41, 5.74) is 1.69. The van der Waals surface area contributed by atoms with Gasteiger partial charge in [0.15, 0.2) is 11.5 Å². The highest BCUT2D eigenvalue weighted by Crippen LogP contribution is 2.34. The van der Waals surface area contributed by atoms with Gasteiger partial charge in [0.25, 0.3) is 5.91 Å². The predicted molar refractivity (Wildman–Crippen MR) is 89.2 cm³/mol. The Morgan fingerprint density at radius 2 is 1.73 bits per heavy atom. The summed E-state index contributed by atoms with van der Waals surface area (Å²) in [7, 11) is 0. The van der Waals surface area contributed by atoms with E-state index in [0.717, 1.165) is 5.56 Å². The number of furan rings is 1. The molecule has 7 nitrogen and oxygen atoms in total. The van der Waals surface area contributed by atoms with Crippen LogP contribution in [0.3, 0.4) is 0 Å². The van der Waals surface area contributed by atoms with E-state index in [0.29, 0.717) is 17.8 Å². The third-order valence-electron chi connectivity index (χ3n) is 4.38. The molecule has 1 aliphatic carbocycles. The van der Waals surface area contributed by atoms with Gasteiger partial charge in [-0.05, 0) is 19.4 Å². The number of hydrogen-bond donors (Lipinski definition) is 1. The van der Waals surface area contributed by atoms with E-state index in [1.54, 1.807) is 13.8 Å². The zero-order chi connectivity index (χ0) is 18.4. The highest BCUT2D eigenvalue weighted by Gasteiger charge is 2.41. The first-order valence-corrected chi connectivity index (χ1v) is 8.00. The van der Waals surface area contributed by atoms with Crippen LogP contribution in [0.15, 0.2) is 39.3 Å². The SMILES string of the molecule is Cc1noc2c1C(=O)c1oc(C(=O)NCc3ccccc3)c(C)c1C2=O. The van der Waals surface area contributed by atoms with E-state index in [9.17, 15) is 14.4 Å². The number of carbonyl (C=O) groups excluding carboxylic acids is 3. The molecule has 0 fully saturated rings. The van der Waals surface area contributed by atoms with Crippen molar-refractivity contribution in [3.8, 4) is 0 Å². The van der Waals surface area contributed by atoms with Crippen molar-refractivity contribution < 1.29 is 23.3 Å². The molecule has 0 spiro atoms. The van der Waals surface area contributed by atoms with Crippen molar-refractivity contribution in [1.29, 1.82) is 0 Å². The molecule has 1 aliphatic rings. The van der Waals surface area contributed by atoms with Gasteiger partial charge in [-0.3, -0.25) is 14.4 Å². The first-order valence-electron chi connectivity index (χ1n) is 8.00. The number of rotatable bonds is 3. The van der Waals surface area contributed by atoms with Gasteiger partial charge in [-0.2, -0.15) is 0 Å². The molecule has 4 rings (SSSR count). The fraction of sp³-hybridized carbons (Fsp3) is 0.158. The Labute approximate surface area is 148 Å². The van der Waals surface area contributed by atoms with Crippen LogP contribution in [-0.4, -0.2) is 22.6 Å². The number of carbonyl (C=O) groups is 3. The van der Waals surface area contributed by atoms with Gasteiger partial charge in [-0.15, -0.1) is 0 Å². The van der Waals surface area contributed by atoms with Crippen LogP contribution in [0, 0.1) is 13.8 Å². The van der Waals surface area contributed by atoms with Crippen LogP contribution < -0.4 is 5.32 Å². The highest BCUT2D eigenvalue weighted by molar-refractivity contribution is 6.27. The van der Waals surface area contributed by atoms with Gasteiger partial charge < -0.3 is 14.3 Å². The second kappa shape index (κ2) is 5.80. The normalized spacial score (nSPS) is 12.7. The van der Waals surface area contributed by atoms with Crippen LogP contribution in [0.25, 0.3) is 0 Å². The summed E-state index contributed by atoms with van der Waals surface area (Å²) in [6, 6.07) is 9.37. The summed E-state index contributed by atoms with van der Waals surface area (Å²) < 4.78 is 10.5. The predicted octanol–water partition coefficient (Wildman–Crippen LogP) is 2.59. The summed E-state index contributed by atoms with van der Waals surface area (Å²) in [6.07, 6.45) is 0. The number of benzene rings is 1. The largest absolute Gasteiger partial charge is 0.446 e. The standard InChI is InChI=1S/C19H14N2O5/c1-9-12-14(22)18-13(10(2)21-26-18)15(23)17(12)25-16(9)19(24)20-8-11-6-4-3-5-7-11/h3-7H,8H2,1-2H3,(H,20,24). The van der Waals surface area contributed by atoms with Gasteiger partial charge in [-0.25, -0.2) is 0 Å². The van der Waals surface area contributed by atoms with Crippen LogP contribution in [0.1, 0.15) is 59.6 Å². The molecule has 1 amide bonds. The maximum Gasteiger partial charge on any atom is 0.287 e. The maximum atomic E-state index is 12.6. The molecule has 1 N–H and O–H groups in total. The van der Waals surface area contributed by atoms with E-state index >= 15 is 0 Å². The molecule has 2 heterocycles. The summed E-state index contributed by atoms with van der Waals surface area (Å²) in [5, 5.41) is 6.40. The van der Waals surface area contributed by atoms with Crippen LogP contribution in [0.2, 0.25) is 0 Å². The van der Waals surface area contributed by atoms with E-state index in [-0.39, 0.29) is 28.4 Å². The number of nitrogens with one attached hydrogen (secondary N) is 1. The molecule has 130 valence electrons. The molecule has 0 saturated carbocycles. The Morgan fingerprint density at radius 3 is 2.46 bits per heavy atom. The summed E-state index contributed by atoms with van der Waals surface area (Å²) in [5.74, 6) is -1.80. The molecular weight excluding hydrogens is 336 g/mol. The van der Waals surface area contributed by atoms with Crippen molar-refractivity contribution in [1.82, 2.24) is 10.5 Å². The Balaban J connectivity index is 1.67. The molecule has 2 aromatic heterocycles. The van der Waals surface area contributed by atoms with Crippen LogP contribution in [0.4, 0.5) is 0 Å². The first kappa shape index (κ1) is 16.0. The molecular formula is C19H14N2O5. The van der Waals surface area contributed by atoms with Gasteiger partial charge in [0, 0.05) is 12.1 Å². The van der Waals surface area contributed by atoms with Crippen molar-refractivity contribution in [3.05, 3.63) is 75.6 Å². The molecule has 0 radical (unpaired) electrons. The van der Waals surface area contributed by atoms with Crippen LogP contribution in [0.5, 0.6) is 0 Å². The van der Waals surface area contributed by atoms with E-state index in [4.69, 9.17) is 8.94 Å². The summed E-state index contributed by atoms with van der Waals surface area (Å²) in [6.45, 7) is 3.44. The topological polar surface area (TPSA) is 102 Å². The minimum Gasteiger partial charge on any atom is -0.446 e. The lowest BCUT2D eigenvalue weighted by atomic mass is 9.90. The van der Waals surface area contributed by atoms with Gasteiger partial charge in [0.2, 0.25) is 17.3 Å². The smallest absolute Gasteiger partial charge is 0.287 e. The molecule has 26 heavy (non-hydrogen) atoms. The first-order chi connectivity index (χ1) is 12.5. The van der Waals surface area contributed by atoms with Crippen molar-refractivity contribution >= 4 is 17.5 Å². The minimum absolute atomic E-state index is 0.0524. The summed E-state index contributed by atoms with van der Waals surface area (Å²) >= 11 is 0. The van der Waals surface area contributed by atoms with Crippen molar-refractivity contribution in [2.75, 3.05) is 0 Å². The second-order valence-corrected chi connectivity index (χ2v) is 6.06. The molecule has 0 atom stereocenters. The second-order valence-electron chi connectivity index (χ2n) is 6.06. The minimum atomic E-state index is -0.501. The van der Waals surface area contributed by atoms with Gasteiger partial charge >= 0.3 is 0 Å². The average molecular weight is 350 g/mol. The zero-order valence-corrected chi connectivity index (χ0v) is 14.1. The molecule has 0 unspecified atom stereocenters.